The minimum absolute atomic E-state index is 0.131. The van der Waals surface area contributed by atoms with Crippen LogP contribution in [-0.4, -0.2) is 15.1 Å². The highest BCUT2D eigenvalue weighted by molar-refractivity contribution is 7.11. The molecule has 1 N–H and O–H groups in total. The average Bonchev–Trinajstić information content (AvgIpc) is 2.66. The van der Waals surface area contributed by atoms with Crippen LogP contribution in [0.15, 0.2) is 12.1 Å². The van der Waals surface area contributed by atoms with Crippen LogP contribution >= 0.6 is 22.9 Å². The van der Waals surface area contributed by atoms with Gasteiger partial charge in [0.1, 0.15) is 17.0 Å². The van der Waals surface area contributed by atoms with E-state index in [9.17, 15) is 18.3 Å². The van der Waals surface area contributed by atoms with Crippen LogP contribution < -0.4 is 0 Å². The summed E-state index contributed by atoms with van der Waals surface area (Å²) in [6.45, 7) is 3.49. The highest BCUT2D eigenvalue weighted by Crippen LogP contribution is 2.35. The summed E-state index contributed by atoms with van der Waals surface area (Å²) < 4.78 is 37.5. The molecule has 0 aliphatic carbocycles. The molecule has 20 heavy (non-hydrogen) atoms. The third-order valence-corrected chi connectivity index (χ3v) is 4.08. The number of thiazole rings is 1. The maximum Gasteiger partial charge on any atom is 0.433 e. The molecule has 1 unspecified atom stereocenters. The normalized spacial score (nSPS) is 13.6. The third-order valence-electron chi connectivity index (χ3n) is 2.65. The second-order valence-electron chi connectivity index (χ2n) is 4.16. The summed E-state index contributed by atoms with van der Waals surface area (Å²) in [6.07, 6.45) is -5.70. The number of hydrogen-bond donors (Lipinski definition) is 1. The second-order valence-corrected chi connectivity index (χ2v) is 5.75. The lowest BCUT2D eigenvalue weighted by molar-refractivity contribution is -0.141. The smallest absolute Gasteiger partial charge is 0.383 e. The molecule has 0 radical (unpaired) electrons. The van der Waals surface area contributed by atoms with E-state index in [-0.39, 0.29) is 10.7 Å². The van der Waals surface area contributed by atoms with Crippen LogP contribution in [0.1, 0.15) is 32.9 Å². The lowest BCUT2D eigenvalue weighted by Crippen LogP contribution is -2.10. The molecule has 0 aliphatic heterocycles. The molecule has 0 spiro atoms. The zero-order valence-corrected chi connectivity index (χ0v) is 12.1. The first-order chi connectivity index (χ1) is 9.20. The van der Waals surface area contributed by atoms with E-state index in [1.165, 1.54) is 11.3 Å². The number of hydrogen-bond acceptors (Lipinski definition) is 4. The van der Waals surface area contributed by atoms with Crippen LogP contribution in [0.2, 0.25) is 5.15 Å². The molecule has 2 aromatic heterocycles. The summed E-state index contributed by atoms with van der Waals surface area (Å²) in [5.74, 6) is 0. The quantitative estimate of drug-likeness (QED) is 0.853. The molecular formula is C12H10ClF3N2OS. The lowest BCUT2D eigenvalue weighted by Gasteiger charge is -2.13. The Morgan fingerprint density at radius 1 is 1.25 bits per heavy atom. The van der Waals surface area contributed by atoms with Crippen LogP contribution in [-0.2, 0) is 6.18 Å². The fourth-order valence-corrected chi connectivity index (χ4v) is 2.94. The highest BCUT2D eigenvalue weighted by atomic mass is 35.5. The van der Waals surface area contributed by atoms with Gasteiger partial charge in [0.15, 0.2) is 0 Å². The molecule has 2 rings (SSSR count). The molecule has 2 aromatic rings. The van der Waals surface area contributed by atoms with Gasteiger partial charge in [-0.1, -0.05) is 17.7 Å². The molecule has 108 valence electrons. The Morgan fingerprint density at radius 2 is 1.90 bits per heavy atom. The topological polar surface area (TPSA) is 46.0 Å². The summed E-state index contributed by atoms with van der Waals surface area (Å²) in [5.41, 5.74) is -0.335. The van der Waals surface area contributed by atoms with Gasteiger partial charge in [-0.3, -0.25) is 0 Å². The van der Waals surface area contributed by atoms with Gasteiger partial charge in [-0.15, -0.1) is 11.3 Å². The minimum atomic E-state index is -4.57. The van der Waals surface area contributed by atoms with Gasteiger partial charge in [0.25, 0.3) is 0 Å². The van der Waals surface area contributed by atoms with Crippen molar-refractivity contribution >= 4 is 22.9 Å². The Morgan fingerprint density at radius 3 is 2.35 bits per heavy atom. The van der Waals surface area contributed by atoms with Crippen molar-refractivity contribution in [2.24, 2.45) is 0 Å². The van der Waals surface area contributed by atoms with Crippen molar-refractivity contribution in [2.75, 3.05) is 0 Å². The van der Waals surface area contributed by atoms with Crippen molar-refractivity contribution in [1.82, 2.24) is 9.97 Å². The molecule has 0 amide bonds. The van der Waals surface area contributed by atoms with E-state index in [1.807, 2.05) is 0 Å². The summed E-state index contributed by atoms with van der Waals surface area (Å²) in [6, 6.07) is 1.94. The molecule has 3 nitrogen and oxygen atoms in total. The number of aromatic nitrogens is 2. The van der Waals surface area contributed by atoms with E-state index < -0.39 is 18.0 Å². The van der Waals surface area contributed by atoms with E-state index in [1.54, 1.807) is 13.8 Å². The molecule has 0 saturated carbocycles. The SMILES string of the molecule is Cc1nc(C)c(C(O)c2ccc(C(F)(F)F)nc2Cl)s1. The van der Waals surface area contributed by atoms with E-state index >= 15 is 0 Å². The number of alkyl halides is 3. The van der Waals surface area contributed by atoms with Gasteiger partial charge in [-0.05, 0) is 19.9 Å². The molecular weight excluding hydrogens is 313 g/mol. The number of halogens is 4. The fourth-order valence-electron chi connectivity index (χ4n) is 1.75. The summed E-state index contributed by atoms with van der Waals surface area (Å²) in [4.78, 5) is 8.00. The molecule has 0 bridgehead atoms. The summed E-state index contributed by atoms with van der Waals surface area (Å²) in [7, 11) is 0. The minimum Gasteiger partial charge on any atom is -0.383 e. The Labute approximate surface area is 122 Å². The molecule has 2 heterocycles. The predicted octanol–water partition coefficient (Wildman–Crippen LogP) is 3.91. The molecule has 8 heteroatoms. The maximum atomic E-state index is 12.5. The van der Waals surface area contributed by atoms with E-state index in [4.69, 9.17) is 11.6 Å². The van der Waals surface area contributed by atoms with Crippen molar-refractivity contribution in [2.45, 2.75) is 26.1 Å². The lowest BCUT2D eigenvalue weighted by atomic mass is 10.1. The van der Waals surface area contributed by atoms with Crippen molar-refractivity contribution < 1.29 is 18.3 Å². The Bertz CT molecular complexity index is 642. The van der Waals surface area contributed by atoms with Crippen LogP contribution in [0.4, 0.5) is 13.2 Å². The standard InChI is InChI=1S/C12H10ClF3N2OS/c1-5-10(20-6(2)17-5)9(19)7-3-4-8(12(14,15)16)18-11(7)13/h3-4,9,19H,1-2H3. The van der Waals surface area contributed by atoms with Crippen molar-refractivity contribution in [1.29, 1.82) is 0 Å². The van der Waals surface area contributed by atoms with Gasteiger partial charge in [-0.25, -0.2) is 9.97 Å². The fraction of sp³-hybridized carbons (Fsp3) is 0.333. The zero-order chi connectivity index (χ0) is 15.1. The number of nitrogens with zero attached hydrogens (tertiary/aromatic N) is 2. The summed E-state index contributed by atoms with van der Waals surface area (Å²) >= 11 is 7.02. The molecule has 1 atom stereocenters. The molecule has 0 aromatic carbocycles. The van der Waals surface area contributed by atoms with Crippen LogP contribution in [0, 0.1) is 13.8 Å². The number of rotatable bonds is 2. The van der Waals surface area contributed by atoms with Crippen molar-refractivity contribution in [3.05, 3.63) is 44.1 Å². The number of pyridine rings is 1. The Hall–Kier alpha value is -1.18. The highest BCUT2D eigenvalue weighted by Gasteiger charge is 2.33. The number of aliphatic hydroxyl groups excluding tert-OH is 1. The zero-order valence-electron chi connectivity index (χ0n) is 10.5. The van der Waals surface area contributed by atoms with Crippen LogP contribution in [0.5, 0.6) is 0 Å². The monoisotopic (exact) mass is 322 g/mol. The first kappa shape index (κ1) is 15.2. The van der Waals surface area contributed by atoms with E-state index in [0.717, 1.165) is 17.1 Å². The summed E-state index contributed by atoms with van der Waals surface area (Å²) in [5, 5.41) is 10.6. The van der Waals surface area contributed by atoms with Crippen LogP contribution in [0.3, 0.4) is 0 Å². The van der Waals surface area contributed by atoms with E-state index in [2.05, 4.69) is 9.97 Å². The third kappa shape index (κ3) is 2.94. The van der Waals surface area contributed by atoms with Gasteiger partial charge < -0.3 is 5.11 Å². The molecule has 0 aliphatic rings. The van der Waals surface area contributed by atoms with Crippen LogP contribution in [0.25, 0.3) is 0 Å². The molecule has 0 saturated heterocycles. The second kappa shape index (κ2) is 5.31. The van der Waals surface area contributed by atoms with Gasteiger partial charge in [0, 0.05) is 5.56 Å². The number of aliphatic hydroxyl groups is 1. The first-order valence-electron chi connectivity index (χ1n) is 5.55. The van der Waals surface area contributed by atoms with E-state index in [0.29, 0.717) is 10.6 Å². The Balaban J connectivity index is 2.41. The largest absolute Gasteiger partial charge is 0.433 e. The number of aryl methyl sites for hydroxylation is 2. The van der Waals surface area contributed by atoms with Gasteiger partial charge in [-0.2, -0.15) is 13.2 Å². The van der Waals surface area contributed by atoms with Gasteiger partial charge >= 0.3 is 6.18 Å². The Kier molecular flexibility index (Phi) is 4.04. The first-order valence-corrected chi connectivity index (χ1v) is 6.75. The predicted molar refractivity (Wildman–Crippen MR) is 69.9 cm³/mol. The molecule has 0 fully saturated rings. The van der Waals surface area contributed by atoms with Gasteiger partial charge in [0.2, 0.25) is 0 Å². The maximum absolute atomic E-state index is 12.5. The average molecular weight is 323 g/mol. The van der Waals surface area contributed by atoms with Gasteiger partial charge in [0.05, 0.1) is 15.6 Å². The van der Waals surface area contributed by atoms with Crippen molar-refractivity contribution in [3.63, 3.8) is 0 Å². The van der Waals surface area contributed by atoms with Crippen molar-refractivity contribution in [3.8, 4) is 0 Å².